The molecular weight excluding hydrogens is 136 g/mol. The second-order valence-electron chi connectivity index (χ2n) is 2.10. The van der Waals surface area contributed by atoms with Crippen LogP contribution in [-0.2, 0) is 0 Å². The van der Waals surface area contributed by atoms with Gasteiger partial charge in [-0.25, -0.2) is 0 Å². The summed E-state index contributed by atoms with van der Waals surface area (Å²) in [5.41, 5.74) is 1.02. The highest BCUT2D eigenvalue weighted by Gasteiger charge is 1.95. The van der Waals surface area contributed by atoms with Gasteiger partial charge in [0.25, 0.3) is 0 Å². The lowest BCUT2D eigenvalue weighted by atomic mass is 10.2. The summed E-state index contributed by atoms with van der Waals surface area (Å²) in [4.78, 5) is 0. The molecule has 11 heavy (non-hydrogen) atoms. The van der Waals surface area contributed by atoms with Gasteiger partial charge in [0.15, 0.2) is 0 Å². The van der Waals surface area contributed by atoms with Crippen molar-refractivity contribution in [1.29, 1.82) is 0 Å². The van der Waals surface area contributed by atoms with Gasteiger partial charge in [0.05, 0.1) is 6.61 Å². The van der Waals surface area contributed by atoms with Crippen molar-refractivity contribution in [2.45, 2.75) is 6.92 Å². The van der Waals surface area contributed by atoms with E-state index in [0.717, 1.165) is 11.3 Å². The van der Waals surface area contributed by atoms with E-state index in [0.29, 0.717) is 6.61 Å². The molecule has 57 valence electrons. The topological polar surface area (TPSA) is 9.23 Å². The molecule has 1 radical (unpaired) electrons. The first-order valence-corrected chi connectivity index (χ1v) is 3.63. The van der Waals surface area contributed by atoms with Crippen molar-refractivity contribution in [1.82, 2.24) is 0 Å². The minimum atomic E-state index is 0.679. The van der Waals surface area contributed by atoms with Gasteiger partial charge >= 0.3 is 0 Å². The molecule has 0 spiro atoms. The Morgan fingerprint density at radius 1 is 1.73 bits per heavy atom. The number of rotatable bonds is 3. The quantitative estimate of drug-likeness (QED) is 0.638. The highest BCUT2D eigenvalue weighted by atomic mass is 16.5. The predicted octanol–water partition coefficient (Wildman–Crippen LogP) is 2.53. The first-order valence-electron chi connectivity index (χ1n) is 3.63. The van der Waals surface area contributed by atoms with Crippen LogP contribution >= 0.6 is 0 Å². The van der Waals surface area contributed by atoms with Gasteiger partial charge < -0.3 is 4.74 Å². The molecule has 1 nitrogen and oxygen atoms in total. The molecule has 0 N–H and O–H groups in total. The maximum absolute atomic E-state index is 5.33. The highest BCUT2D eigenvalue weighted by Crippen LogP contribution is 2.17. The van der Waals surface area contributed by atoms with Crippen molar-refractivity contribution in [2.24, 2.45) is 0 Å². The molecule has 0 aliphatic rings. The monoisotopic (exact) mass is 147 g/mol. The van der Waals surface area contributed by atoms with Crippen molar-refractivity contribution in [3.8, 4) is 5.75 Å². The van der Waals surface area contributed by atoms with Gasteiger partial charge in [-0.05, 0) is 19.1 Å². The lowest BCUT2D eigenvalue weighted by Crippen LogP contribution is -1.92. The Morgan fingerprint density at radius 3 is 3.18 bits per heavy atom. The van der Waals surface area contributed by atoms with Crippen LogP contribution in [0.1, 0.15) is 12.5 Å². The maximum Gasteiger partial charge on any atom is 0.127 e. The van der Waals surface area contributed by atoms with Gasteiger partial charge in [0.1, 0.15) is 5.75 Å². The SMILES string of the molecule is C=Cc1cc[c]cc1OCC. The van der Waals surface area contributed by atoms with Crippen LogP contribution in [0.15, 0.2) is 24.8 Å². The first-order chi connectivity index (χ1) is 5.38. The molecule has 0 aliphatic heterocycles. The van der Waals surface area contributed by atoms with Gasteiger partial charge in [-0.15, -0.1) is 0 Å². The van der Waals surface area contributed by atoms with Crippen molar-refractivity contribution >= 4 is 6.08 Å². The molecule has 0 bridgehead atoms. The van der Waals surface area contributed by atoms with Crippen LogP contribution in [0, 0.1) is 6.07 Å². The zero-order valence-electron chi connectivity index (χ0n) is 6.63. The minimum Gasteiger partial charge on any atom is -0.493 e. The summed E-state index contributed by atoms with van der Waals surface area (Å²) in [6, 6.07) is 8.54. The Hall–Kier alpha value is -1.24. The third-order valence-corrected chi connectivity index (χ3v) is 1.38. The van der Waals surface area contributed by atoms with Crippen molar-refractivity contribution in [3.05, 3.63) is 36.4 Å². The van der Waals surface area contributed by atoms with Crippen LogP contribution in [0.5, 0.6) is 5.75 Å². The third kappa shape index (κ3) is 1.84. The third-order valence-electron chi connectivity index (χ3n) is 1.38. The Balaban J connectivity index is 2.92. The molecule has 1 rings (SSSR count). The molecule has 0 atom stereocenters. The smallest absolute Gasteiger partial charge is 0.127 e. The fraction of sp³-hybridized carbons (Fsp3) is 0.200. The predicted molar refractivity (Wildman–Crippen MR) is 46.5 cm³/mol. The molecule has 0 fully saturated rings. The molecule has 0 aliphatic carbocycles. The molecule has 0 saturated carbocycles. The molecule has 1 aromatic carbocycles. The van der Waals surface area contributed by atoms with E-state index in [1.807, 2.05) is 25.1 Å². The standard InChI is InChI=1S/C10H11O/c1-3-9-7-5-6-8-10(9)11-4-2/h3,5,7-8H,1,4H2,2H3. The lowest BCUT2D eigenvalue weighted by Gasteiger charge is -2.04. The number of hydrogen-bond donors (Lipinski definition) is 0. The van der Waals surface area contributed by atoms with Crippen molar-refractivity contribution in [2.75, 3.05) is 6.61 Å². The summed E-state index contributed by atoms with van der Waals surface area (Å²) in [6.45, 7) is 6.32. The summed E-state index contributed by atoms with van der Waals surface area (Å²) >= 11 is 0. The number of benzene rings is 1. The zero-order chi connectivity index (χ0) is 8.10. The van der Waals surface area contributed by atoms with E-state index in [1.54, 1.807) is 6.08 Å². The second kappa shape index (κ2) is 3.81. The largest absolute Gasteiger partial charge is 0.493 e. The van der Waals surface area contributed by atoms with Crippen molar-refractivity contribution in [3.63, 3.8) is 0 Å². The number of hydrogen-bond acceptors (Lipinski definition) is 1. The Bertz CT molecular complexity index is 240. The molecular formula is C10H11O. The summed E-state index contributed by atoms with van der Waals surface area (Å²) < 4.78 is 5.33. The van der Waals surface area contributed by atoms with Crippen LogP contribution in [0.2, 0.25) is 0 Å². The normalized spacial score (nSPS) is 9.18. The molecule has 0 amide bonds. The Kier molecular flexibility index (Phi) is 2.73. The summed E-state index contributed by atoms with van der Waals surface area (Å²) in [5, 5.41) is 0. The summed E-state index contributed by atoms with van der Waals surface area (Å²) in [7, 11) is 0. The number of ether oxygens (including phenoxy) is 1. The van der Waals surface area contributed by atoms with E-state index in [4.69, 9.17) is 4.74 Å². The summed E-state index contributed by atoms with van der Waals surface area (Å²) in [6.07, 6.45) is 1.78. The van der Waals surface area contributed by atoms with Gasteiger partial charge in [0, 0.05) is 5.56 Å². The van der Waals surface area contributed by atoms with E-state index in [1.165, 1.54) is 0 Å². The average molecular weight is 147 g/mol. The Labute approximate surface area is 67.3 Å². The fourth-order valence-corrected chi connectivity index (χ4v) is 0.876. The van der Waals surface area contributed by atoms with Crippen LogP contribution < -0.4 is 4.74 Å². The van der Waals surface area contributed by atoms with E-state index >= 15 is 0 Å². The van der Waals surface area contributed by atoms with E-state index < -0.39 is 0 Å². The molecule has 0 heterocycles. The fourth-order valence-electron chi connectivity index (χ4n) is 0.876. The van der Waals surface area contributed by atoms with Crippen LogP contribution in [0.3, 0.4) is 0 Å². The highest BCUT2D eigenvalue weighted by molar-refractivity contribution is 5.55. The van der Waals surface area contributed by atoms with E-state index in [-0.39, 0.29) is 0 Å². The van der Waals surface area contributed by atoms with E-state index in [2.05, 4.69) is 12.6 Å². The van der Waals surface area contributed by atoms with Crippen molar-refractivity contribution < 1.29 is 4.74 Å². The van der Waals surface area contributed by atoms with Gasteiger partial charge in [0.2, 0.25) is 0 Å². The van der Waals surface area contributed by atoms with Crippen LogP contribution in [-0.4, -0.2) is 6.61 Å². The van der Waals surface area contributed by atoms with Crippen LogP contribution in [0.25, 0.3) is 6.08 Å². The molecule has 0 aromatic heterocycles. The average Bonchev–Trinajstić information content (AvgIpc) is 2.06. The lowest BCUT2D eigenvalue weighted by molar-refractivity contribution is 0.339. The maximum atomic E-state index is 5.33. The zero-order valence-corrected chi connectivity index (χ0v) is 6.63. The van der Waals surface area contributed by atoms with E-state index in [9.17, 15) is 0 Å². The van der Waals surface area contributed by atoms with Gasteiger partial charge in [-0.3, -0.25) is 0 Å². The molecule has 1 aromatic rings. The molecule has 0 saturated heterocycles. The second-order valence-corrected chi connectivity index (χ2v) is 2.10. The van der Waals surface area contributed by atoms with Gasteiger partial charge in [-0.1, -0.05) is 24.8 Å². The Morgan fingerprint density at radius 2 is 2.55 bits per heavy atom. The minimum absolute atomic E-state index is 0.679. The summed E-state index contributed by atoms with van der Waals surface area (Å²) in [5.74, 6) is 0.852. The van der Waals surface area contributed by atoms with Crippen LogP contribution in [0.4, 0.5) is 0 Å². The molecule has 0 unspecified atom stereocenters. The first kappa shape index (κ1) is 7.86. The van der Waals surface area contributed by atoms with Gasteiger partial charge in [-0.2, -0.15) is 0 Å². The molecule has 1 heteroatoms.